The van der Waals surface area contributed by atoms with Gasteiger partial charge in [-0.15, -0.1) is 11.8 Å². The summed E-state index contributed by atoms with van der Waals surface area (Å²) in [7, 11) is 0. The lowest BCUT2D eigenvalue weighted by atomic mass is 9.71. The molecule has 0 aliphatic carbocycles. The van der Waals surface area contributed by atoms with Crippen molar-refractivity contribution in [3.05, 3.63) is 34.6 Å². The predicted octanol–water partition coefficient (Wildman–Crippen LogP) is 6.21. The van der Waals surface area contributed by atoms with Crippen LogP contribution in [-0.4, -0.2) is 10.7 Å². The van der Waals surface area contributed by atoms with E-state index in [1.54, 1.807) is 6.20 Å². The largest absolute Gasteiger partial charge is 0.259 e. The van der Waals surface area contributed by atoms with E-state index >= 15 is 0 Å². The Morgan fingerprint density at radius 1 is 1.30 bits per heavy atom. The molecule has 1 nitrogen and oxygen atoms in total. The fraction of sp³-hybridized carbons (Fsp3) is 0.588. The minimum Gasteiger partial charge on any atom is -0.259 e. The first-order valence-corrected chi connectivity index (χ1v) is 8.36. The molecule has 0 saturated heterocycles. The lowest BCUT2D eigenvalue weighted by molar-refractivity contribution is 0.163. The fourth-order valence-corrected chi connectivity index (χ4v) is 3.18. The molecule has 0 saturated carbocycles. The topological polar surface area (TPSA) is 12.9 Å². The zero-order valence-electron chi connectivity index (χ0n) is 13.7. The summed E-state index contributed by atoms with van der Waals surface area (Å²) in [5.74, 6) is 1.07. The van der Waals surface area contributed by atoms with Crippen LogP contribution in [-0.2, 0) is 0 Å². The molecule has 0 unspecified atom stereocenters. The van der Waals surface area contributed by atoms with Crippen LogP contribution in [0.3, 0.4) is 0 Å². The highest BCUT2D eigenvalue weighted by Gasteiger charge is 2.32. The van der Waals surface area contributed by atoms with E-state index in [0.29, 0.717) is 5.02 Å². The number of aromatic nitrogens is 1. The molecule has 0 N–H and O–H groups in total. The molecule has 112 valence electrons. The van der Waals surface area contributed by atoms with Crippen molar-refractivity contribution in [3.8, 4) is 0 Å². The number of nitrogens with zero attached hydrogens (tertiary/aromatic N) is 1. The highest BCUT2D eigenvalue weighted by Crippen LogP contribution is 2.43. The van der Waals surface area contributed by atoms with Crippen molar-refractivity contribution in [2.45, 2.75) is 48.5 Å². The molecule has 0 aromatic carbocycles. The number of pyridine rings is 1. The maximum atomic E-state index is 6.08. The molecular formula is C17H26ClNS. The van der Waals surface area contributed by atoms with Gasteiger partial charge in [-0.25, -0.2) is 0 Å². The van der Waals surface area contributed by atoms with E-state index in [0.717, 1.165) is 17.0 Å². The molecule has 0 atom stereocenters. The Bertz CT molecular complexity index is 498. The Morgan fingerprint density at radius 2 is 1.90 bits per heavy atom. The van der Waals surface area contributed by atoms with Gasteiger partial charge in [0.2, 0.25) is 0 Å². The monoisotopic (exact) mass is 311 g/mol. The van der Waals surface area contributed by atoms with Crippen LogP contribution in [0.4, 0.5) is 0 Å². The van der Waals surface area contributed by atoms with Crippen molar-refractivity contribution in [3.63, 3.8) is 0 Å². The third-order valence-corrected chi connectivity index (χ3v) is 6.04. The maximum absolute atomic E-state index is 6.08. The van der Waals surface area contributed by atoms with E-state index in [4.69, 9.17) is 11.6 Å². The van der Waals surface area contributed by atoms with Gasteiger partial charge in [0.25, 0.3) is 0 Å². The number of aryl methyl sites for hydroxylation is 1. The smallest absolute Gasteiger partial charge is 0.0595 e. The maximum Gasteiger partial charge on any atom is 0.0595 e. The second kappa shape index (κ2) is 6.53. The fourth-order valence-electron chi connectivity index (χ4n) is 1.55. The molecule has 1 aromatic rings. The molecule has 0 fully saturated rings. The highest BCUT2D eigenvalue weighted by atomic mass is 35.5. The third kappa shape index (κ3) is 4.26. The summed E-state index contributed by atoms with van der Waals surface area (Å²) in [5.41, 5.74) is 2.71. The van der Waals surface area contributed by atoms with E-state index in [-0.39, 0.29) is 10.8 Å². The van der Waals surface area contributed by atoms with Gasteiger partial charge in [-0.2, -0.15) is 0 Å². The van der Waals surface area contributed by atoms with Crippen molar-refractivity contribution in [1.29, 1.82) is 0 Å². The first-order valence-electron chi connectivity index (χ1n) is 7.00. The SMILES string of the molecule is C/C=C(/SCC(C)(C)C(C)(C)C)c1cc(Cl)cnc1C. The van der Waals surface area contributed by atoms with Gasteiger partial charge in [-0.1, -0.05) is 52.3 Å². The molecule has 0 spiro atoms. The molecule has 0 aliphatic rings. The lowest BCUT2D eigenvalue weighted by Crippen LogP contribution is -2.31. The summed E-state index contributed by atoms with van der Waals surface area (Å²) in [6.45, 7) is 15.7. The number of allylic oxidation sites excluding steroid dienone is 1. The van der Waals surface area contributed by atoms with E-state index in [1.807, 2.05) is 24.8 Å². The standard InChI is InChI=1S/C17H26ClNS/c1-8-15(14-9-13(18)10-19-12(14)2)20-11-17(6,7)16(3,4)5/h8-10H,11H2,1-7H3/b15-8+. The molecule has 0 amide bonds. The Kier molecular flexibility index (Phi) is 5.74. The Labute approximate surface area is 133 Å². The molecule has 3 heteroatoms. The molecular weight excluding hydrogens is 286 g/mol. The third-order valence-electron chi connectivity index (χ3n) is 4.20. The zero-order chi connectivity index (χ0) is 15.6. The summed E-state index contributed by atoms with van der Waals surface area (Å²) in [4.78, 5) is 5.61. The van der Waals surface area contributed by atoms with Crippen LogP contribution >= 0.6 is 23.4 Å². The number of halogens is 1. The van der Waals surface area contributed by atoms with Crippen molar-refractivity contribution in [2.75, 3.05) is 5.75 Å². The van der Waals surface area contributed by atoms with E-state index in [2.05, 4.69) is 52.6 Å². The van der Waals surface area contributed by atoms with Gasteiger partial charge in [0.15, 0.2) is 0 Å². The van der Waals surface area contributed by atoms with Gasteiger partial charge in [-0.05, 0) is 30.7 Å². The average Bonchev–Trinajstić information content (AvgIpc) is 2.32. The average molecular weight is 312 g/mol. The number of rotatable bonds is 4. The van der Waals surface area contributed by atoms with Gasteiger partial charge in [0, 0.05) is 28.1 Å². The van der Waals surface area contributed by atoms with Crippen molar-refractivity contribution < 1.29 is 0 Å². The zero-order valence-corrected chi connectivity index (χ0v) is 15.2. The lowest BCUT2D eigenvalue weighted by Gasteiger charge is -2.38. The van der Waals surface area contributed by atoms with Crippen LogP contribution in [0.15, 0.2) is 18.3 Å². The van der Waals surface area contributed by atoms with Crippen LogP contribution in [0, 0.1) is 17.8 Å². The van der Waals surface area contributed by atoms with Gasteiger partial charge in [0.1, 0.15) is 0 Å². The van der Waals surface area contributed by atoms with Gasteiger partial charge in [0.05, 0.1) is 5.02 Å². The highest BCUT2D eigenvalue weighted by molar-refractivity contribution is 8.08. The Hall–Kier alpha value is -0.470. The Morgan fingerprint density at radius 3 is 2.40 bits per heavy atom. The molecule has 20 heavy (non-hydrogen) atoms. The normalized spacial score (nSPS) is 13.7. The first-order chi connectivity index (χ1) is 9.08. The number of thioether (sulfide) groups is 1. The summed E-state index contributed by atoms with van der Waals surface area (Å²) in [6.07, 6.45) is 3.86. The van der Waals surface area contributed by atoms with Crippen LogP contribution in [0.25, 0.3) is 4.91 Å². The molecule has 0 bridgehead atoms. The van der Waals surface area contributed by atoms with Gasteiger partial charge >= 0.3 is 0 Å². The van der Waals surface area contributed by atoms with E-state index in [9.17, 15) is 0 Å². The van der Waals surface area contributed by atoms with Crippen LogP contribution in [0.5, 0.6) is 0 Å². The second-order valence-corrected chi connectivity index (χ2v) is 8.32. The van der Waals surface area contributed by atoms with E-state index in [1.165, 1.54) is 4.91 Å². The minimum atomic E-state index is 0.256. The summed E-state index contributed by atoms with van der Waals surface area (Å²) >= 11 is 7.98. The Balaban J connectivity index is 2.93. The second-order valence-electron chi connectivity index (χ2n) is 6.86. The summed E-state index contributed by atoms with van der Waals surface area (Å²) in [6, 6.07) is 2.01. The molecule has 1 aromatic heterocycles. The summed E-state index contributed by atoms with van der Waals surface area (Å²) < 4.78 is 0. The predicted molar refractivity (Wildman–Crippen MR) is 93.3 cm³/mol. The molecule has 0 radical (unpaired) electrons. The van der Waals surface area contributed by atoms with Crippen molar-refractivity contribution >= 4 is 28.3 Å². The van der Waals surface area contributed by atoms with Crippen LogP contribution < -0.4 is 0 Å². The minimum absolute atomic E-state index is 0.256. The number of hydrogen-bond acceptors (Lipinski definition) is 2. The van der Waals surface area contributed by atoms with Crippen LogP contribution in [0.2, 0.25) is 5.02 Å². The summed E-state index contributed by atoms with van der Waals surface area (Å²) in [5, 5.41) is 0.695. The van der Waals surface area contributed by atoms with Crippen molar-refractivity contribution in [2.24, 2.45) is 10.8 Å². The molecule has 1 heterocycles. The number of hydrogen-bond donors (Lipinski definition) is 0. The molecule has 0 aliphatic heterocycles. The van der Waals surface area contributed by atoms with E-state index < -0.39 is 0 Å². The van der Waals surface area contributed by atoms with Gasteiger partial charge < -0.3 is 0 Å². The van der Waals surface area contributed by atoms with Crippen molar-refractivity contribution in [1.82, 2.24) is 4.98 Å². The first kappa shape index (κ1) is 17.6. The molecule has 1 rings (SSSR count). The van der Waals surface area contributed by atoms with Crippen LogP contribution in [0.1, 0.15) is 52.8 Å². The quantitative estimate of drug-likeness (QED) is 0.655. The van der Waals surface area contributed by atoms with Gasteiger partial charge in [-0.3, -0.25) is 4.98 Å².